The molecule has 0 amide bonds. The van der Waals surface area contributed by atoms with Gasteiger partial charge in [-0.1, -0.05) is 0 Å². The molecule has 0 atom stereocenters. The van der Waals surface area contributed by atoms with Crippen LogP contribution in [0.25, 0.3) is 11.3 Å². The third-order valence-corrected chi connectivity index (χ3v) is 6.74. The number of fused-ring (bicyclic) bond motifs is 1. The lowest BCUT2D eigenvalue weighted by Gasteiger charge is -2.34. The van der Waals surface area contributed by atoms with Gasteiger partial charge in [0.1, 0.15) is 18.1 Å². The summed E-state index contributed by atoms with van der Waals surface area (Å²) < 4.78 is 35.2. The van der Waals surface area contributed by atoms with Crippen LogP contribution in [0, 0.1) is 11.6 Å². The van der Waals surface area contributed by atoms with E-state index in [0.29, 0.717) is 42.6 Å². The van der Waals surface area contributed by atoms with Crippen LogP contribution < -0.4 is 9.64 Å². The molecule has 2 aliphatic heterocycles. The highest BCUT2D eigenvalue weighted by Gasteiger charge is 2.26. The fourth-order valence-corrected chi connectivity index (χ4v) is 4.82. The molecule has 34 heavy (non-hydrogen) atoms. The first-order valence-corrected chi connectivity index (χ1v) is 11.9. The molecule has 9 heteroatoms. The molecule has 1 aromatic carbocycles. The number of ether oxygens (including phenoxy) is 1. The van der Waals surface area contributed by atoms with Gasteiger partial charge in [0, 0.05) is 29.6 Å². The van der Waals surface area contributed by atoms with Crippen LogP contribution in [0.4, 0.5) is 14.5 Å². The molecule has 0 saturated carbocycles. The molecule has 1 N–H and O–H groups in total. The Labute approximate surface area is 198 Å². The fourth-order valence-electron chi connectivity index (χ4n) is 4.82. The van der Waals surface area contributed by atoms with Crippen molar-refractivity contribution in [2.24, 2.45) is 0 Å². The van der Waals surface area contributed by atoms with Gasteiger partial charge in [0.15, 0.2) is 17.4 Å². The van der Waals surface area contributed by atoms with Crippen molar-refractivity contribution in [2.75, 3.05) is 38.2 Å². The van der Waals surface area contributed by atoms with Crippen molar-refractivity contribution in [3.05, 3.63) is 53.2 Å². The van der Waals surface area contributed by atoms with Gasteiger partial charge in [-0.05, 0) is 65.0 Å². The molecule has 0 spiro atoms. The molecule has 1 fully saturated rings. The van der Waals surface area contributed by atoms with Crippen LogP contribution in [0.2, 0.25) is 0 Å². The van der Waals surface area contributed by atoms with E-state index in [4.69, 9.17) is 4.74 Å². The van der Waals surface area contributed by atoms with Gasteiger partial charge in [-0.15, -0.1) is 0 Å². The fraction of sp³-hybridized carbons (Fsp3) is 0.480. The Kier molecular flexibility index (Phi) is 6.20. The molecule has 7 nitrogen and oxygen atoms in total. The van der Waals surface area contributed by atoms with E-state index >= 15 is 0 Å². The average molecular weight is 469 g/mol. The van der Waals surface area contributed by atoms with E-state index in [2.05, 4.69) is 43.1 Å². The number of hydrogen-bond acceptors (Lipinski definition) is 6. The second-order valence-corrected chi connectivity index (χ2v) is 9.50. The van der Waals surface area contributed by atoms with Crippen molar-refractivity contribution in [3.63, 3.8) is 0 Å². The number of likely N-dealkylation sites (tertiary alicyclic amines) is 1. The number of hydrogen-bond donors (Lipinski definition) is 1. The molecule has 4 heterocycles. The number of H-pyrrole nitrogens is 1. The highest BCUT2D eigenvalue weighted by molar-refractivity contribution is 5.72. The standard InChI is InChI=1S/C25H30F2N6O/c1-15(2)33-8-9-34-25-19(26)10-17(11-22(25)33)24-20(27)14-28-23(29-24)13-18-12-21(31-30-18)16-4-6-32(3)7-5-16/h10-12,14-16H,4-9,13H2,1-3H3,(H,30,31). The molecule has 2 aliphatic rings. The number of halogens is 2. The molecular formula is C25H30F2N6O. The van der Waals surface area contributed by atoms with Crippen LogP contribution in [-0.2, 0) is 6.42 Å². The van der Waals surface area contributed by atoms with Crippen LogP contribution in [0.15, 0.2) is 24.4 Å². The van der Waals surface area contributed by atoms with Gasteiger partial charge in [0.25, 0.3) is 0 Å². The number of rotatable bonds is 5. The second kappa shape index (κ2) is 9.29. The topological polar surface area (TPSA) is 70.2 Å². The predicted molar refractivity (Wildman–Crippen MR) is 126 cm³/mol. The minimum atomic E-state index is -0.590. The number of piperidine rings is 1. The first-order valence-electron chi connectivity index (χ1n) is 11.9. The van der Waals surface area contributed by atoms with Crippen LogP contribution >= 0.6 is 0 Å². The van der Waals surface area contributed by atoms with E-state index in [1.165, 1.54) is 6.07 Å². The molecule has 0 unspecified atom stereocenters. The number of anilines is 1. The molecule has 1 saturated heterocycles. The summed E-state index contributed by atoms with van der Waals surface area (Å²) in [7, 11) is 2.14. The van der Waals surface area contributed by atoms with E-state index in [1.807, 2.05) is 13.8 Å². The molecule has 2 aromatic heterocycles. The summed E-state index contributed by atoms with van der Waals surface area (Å²) in [5, 5.41) is 7.59. The molecule has 0 bridgehead atoms. The molecule has 0 aliphatic carbocycles. The van der Waals surface area contributed by atoms with Crippen molar-refractivity contribution in [3.8, 4) is 17.0 Å². The van der Waals surface area contributed by atoms with Crippen LogP contribution in [0.3, 0.4) is 0 Å². The number of nitrogens with zero attached hydrogens (tertiary/aromatic N) is 5. The highest BCUT2D eigenvalue weighted by atomic mass is 19.1. The Morgan fingerprint density at radius 3 is 2.68 bits per heavy atom. The number of aromatic amines is 1. The largest absolute Gasteiger partial charge is 0.486 e. The zero-order valence-electron chi connectivity index (χ0n) is 19.8. The summed E-state index contributed by atoms with van der Waals surface area (Å²) in [6.45, 7) is 7.25. The monoisotopic (exact) mass is 468 g/mol. The van der Waals surface area contributed by atoms with Gasteiger partial charge >= 0.3 is 0 Å². The lowest BCUT2D eigenvalue weighted by atomic mass is 9.93. The Hall–Kier alpha value is -3.07. The maximum absolute atomic E-state index is 14.9. The first kappa shape index (κ1) is 22.7. The third kappa shape index (κ3) is 4.49. The van der Waals surface area contributed by atoms with E-state index in [9.17, 15) is 8.78 Å². The summed E-state index contributed by atoms with van der Waals surface area (Å²) >= 11 is 0. The van der Waals surface area contributed by atoms with E-state index in [1.54, 1.807) is 6.07 Å². The maximum Gasteiger partial charge on any atom is 0.178 e. The summed E-state index contributed by atoms with van der Waals surface area (Å²) in [4.78, 5) is 13.0. The Morgan fingerprint density at radius 2 is 1.91 bits per heavy atom. The van der Waals surface area contributed by atoms with Gasteiger partial charge in [-0.2, -0.15) is 5.10 Å². The minimum absolute atomic E-state index is 0.0797. The quantitative estimate of drug-likeness (QED) is 0.607. The summed E-state index contributed by atoms with van der Waals surface area (Å²) in [6, 6.07) is 5.24. The van der Waals surface area contributed by atoms with Gasteiger partial charge in [-0.3, -0.25) is 5.10 Å². The Morgan fingerprint density at radius 1 is 1.12 bits per heavy atom. The number of benzene rings is 1. The molecular weight excluding hydrogens is 438 g/mol. The van der Waals surface area contributed by atoms with Crippen LogP contribution in [0.5, 0.6) is 5.75 Å². The van der Waals surface area contributed by atoms with Gasteiger partial charge in [0.05, 0.1) is 24.1 Å². The van der Waals surface area contributed by atoms with Crippen LogP contribution in [0.1, 0.15) is 49.8 Å². The predicted octanol–water partition coefficient (Wildman–Crippen LogP) is 4.15. The Balaban J connectivity index is 1.41. The Bertz CT molecular complexity index is 1170. The summed E-state index contributed by atoms with van der Waals surface area (Å²) in [6.07, 6.45) is 3.71. The average Bonchev–Trinajstić information content (AvgIpc) is 3.28. The van der Waals surface area contributed by atoms with Crippen molar-refractivity contribution >= 4 is 5.69 Å². The van der Waals surface area contributed by atoms with Crippen molar-refractivity contribution in [2.45, 2.75) is 45.1 Å². The van der Waals surface area contributed by atoms with Crippen molar-refractivity contribution in [1.29, 1.82) is 0 Å². The number of nitrogens with one attached hydrogen (secondary N) is 1. The maximum atomic E-state index is 14.9. The zero-order chi connectivity index (χ0) is 23.8. The lowest BCUT2D eigenvalue weighted by molar-refractivity contribution is 0.253. The minimum Gasteiger partial charge on any atom is -0.486 e. The van der Waals surface area contributed by atoms with Crippen molar-refractivity contribution in [1.82, 2.24) is 25.1 Å². The van der Waals surface area contributed by atoms with E-state index in [-0.39, 0.29) is 17.5 Å². The summed E-state index contributed by atoms with van der Waals surface area (Å²) in [5.41, 5.74) is 2.99. The van der Waals surface area contributed by atoms with E-state index in [0.717, 1.165) is 43.5 Å². The zero-order valence-corrected chi connectivity index (χ0v) is 19.8. The normalized spacial score (nSPS) is 17.2. The molecule has 5 rings (SSSR count). The second-order valence-electron chi connectivity index (χ2n) is 9.50. The molecule has 0 radical (unpaired) electrons. The first-order chi connectivity index (χ1) is 16.4. The third-order valence-electron chi connectivity index (χ3n) is 6.74. The molecule has 3 aromatic rings. The molecule has 180 valence electrons. The number of aromatic nitrogens is 4. The van der Waals surface area contributed by atoms with Crippen molar-refractivity contribution < 1.29 is 13.5 Å². The highest BCUT2D eigenvalue weighted by Crippen LogP contribution is 2.39. The SMILES string of the molecule is CC(C)N1CCOc2c(F)cc(-c3nc(Cc4cc(C5CCN(C)CC5)n[nH]4)ncc3F)cc21. The van der Waals surface area contributed by atoms with E-state index < -0.39 is 11.6 Å². The van der Waals surface area contributed by atoms with Gasteiger partial charge in [-0.25, -0.2) is 18.7 Å². The smallest absolute Gasteiger partial charge is 0.178 e. The summed E-state index contributed by atoms with van der Waals surface area (Å²) in [5.74, 6) is -0.0147. The van der Waals surface area contributed by atoms with Crippen LogP contribution in [-0.4, -0.2) is 64.4 Å². The van der Waals surface area contributed by atoms with Gasteiger partial charge < -0.3 is 14.5 Å². The van der Waals surface area contributed by atoms with Gasteiger partial charge in [0.2, 0.25) is 0 Å². The lowest BCUT2D eigenvalue weighted by Crippen LogP contribution is -2.38.